The zero-order valence-electron chi connectivity index (χ0n) is 25.7. The molecule has 3 aliphatic rings. The lowest BCUT2D eigenvalue weighted by Gasteiger charge is -2.39. The van der Waals surface area contributed by atoms with Crippen molar-refractivity contribution in [1.82, 2.24) is 5.32 Å². The van der Waals surface area contributed by atoms with Gasteiger partial charge < -0.3 is 29.3 Å². The van der Waals surface area contributed by atoms with E-state index in [1.54, 1.807) is 18.7 Å². The van der Waals surface area contributed by atoms with Crippen LogP contribution in [0.15, 0.2) is 18.2 Å². The molecule has 1 N–H and O–H groups in total. The molecule has 0 radical (unpaired) electrons. The molecule has 9 nitrogen and oxygen atoms in total. The first-order valence-corrected chi connectivity index (χ1v) is 15.4. The van der Waals surface area contributed by atoms with Crippen molar-refractivity contribution in [2.24, 2.45) is 23.7 Å². The summed E-state index contributed by atoms with van der Waals surface area (Å²) in [6.45, 7) is 15.5. The molecule has 1 aliphatic carbocycles. The van der Waals surface area contributed by atoms with Gasteiger partial charge >= 0.3 is 0 Å². The Hall–Kier alpha value is -2.49. The Morgan fingerprint density at radius 2 is 1.83 bits per heavy atom. The maximum Gasteiger partial charge on any atom is 0.270 e. The third-order valence-corrected chi connectivity index (χ3v) is 8.55. The summed E-state index contributed by atoms with van der Waals surface area (Å²) in [5, 5.41) is 3.37. The molecule has 9 heteroatoms. The van der Waals surface area contributed by atoms with E-state index in [0.717, 1.165) is 18.5 Å². The van der Waals surface area contributed by atoms with E-state index in [1.165, 1.54) is 0 Å². The molecule has 0 bridgehead atoms. The van der Waals surface area contributed by atoms with Crippen molar-refractivity contribution in [1.29, 1.82) is 0 Å². The van der Waals surface area contributed by atoms with E-state index in [1.807, 2.05) is 36.9 Å². The van der Waals surface area contributed by atoms with Crippen molar-refractivity contribution < 1.29 is 28.6 Å². The highest BCUT2D eigenvalue weighted by atomic mass is 16.5. The molecule has 0 aromatic heterocycles. The van der Waals surface area contributed by atoms with Crippen LogP contribution >= 0.6 is 0 Å². The molecule has 41 heavy (non-hydrogen) atoms. The zero-order valence-corrected chi connectivity index (χ0v) is 25.7. The smallest absolute Gasteiger partial charge is 0.270 e. The number of hydrogen-bond donors (Lipinski definition) is 1. The van der Waals surface area contributed by atoms with Crippen LogP contribution in [0.5, 0.6) is 5.75 Å². The summed E-state index contributed by atoms with van der Waals surface area (Å²) in [4.78, 5) is 44.3. The van der Waals surface area contributed by atoms with Gasteiger partial charge in [-0.1, -0.05) is 13.8 Å². The Balaban J connectivity index is 1.52. The molecule has 1 saturated heterocycles. The van der Waals surface area contributed by atoms with E-state index in [0.29, 0.717) is 76.3 Å². The van der Waals surface area contributed by atoms with Crippen LogP contribution in [-0.4, -0.2) is 75.3 Å². The van der Waals surface area contributed by atoms with Crippen molar-refractivity contribution in [2.75, 3.05) is 55.9 Å². The number of rotatable bonds is 14. The van der Waals surface area contributed by atoms with Crippen molar-refractivity contribution >= 4 is 29.0 Å². The molecule has 1 aromatic carbocycles. The first-order chi connectivity index (χ1) is 19.6. The van der Waals surface area contributed by atoms with Gasteiger partial charge in [-0.25, -0.2) is 0 Å². The van der Waals surface area contributed by atoms with E-state index >= 15 is 0 Å². The minimum Gasteiger partial charge on any atom is -0.476 e. The maximum atomic E-state index is 14.1. The lowest BCUT2D eigenvalue weighted by molar-refractivity contribution is -0.133. The average molecular weight is 572 g/mol. The molecular weight excluding hydrogens is 522 g/mol. The normalized spacial score (nSPS) is 22.7. The predicted molar refractivity (Wildman–Crippen MR) is 159 cm³/mol. The van der Waals surface area contributed by atoms with Gasteiger partial charge in [0.05, 0.1) is 24.8 Å². The number of benzene rings is 1. The maximum absolute atomic E-state index is 14.1. The first kappa shape index (κ1) is 31.4. The van der Waals surface area contributed by atoms with Crippen LogP contribution in [0.25, 0.3) is 0 Å². The third kappa shape index (κ3) is 7.48. The molecule has 1 saturated carbocycles. The highest BCUT2D eigenvalue weighted by Gasteiger charge is 2.43. The highest BCUT2D eigenvalue weighted by Crippen LogP contribution is 2.43. The molecule has 2 heterocycles. The number of anilines is 2. The summed E-state index contributed by atoms with van der Waals surface area (Å²) in [6, 6.07) is 5.82. The van der Waals surface area contributed by atoms with Crippen LogP contribution in [0, 0.1) is 23.7 Å². The molecule has 0 spiro atoms. The molecule has 2 amide bonds. The minimum absolute atomic E-state index is 0.0384. The van der Waals surface area contributed by atoms with Crippen LogP contribution in [0.1, 0.15) is 67.2 Å². The van der Waals surface area contributed by atoms with Gasteiger partial charge in [-0.2, -0.15) is 0 Å². The number of piperidine rings is 1. The highest BCUT2D eigenvalue weighted by molar-refractivity contribution is 6.04. The number of fused-ring (bicyclic) bond motifs is 1. The second-order valence-corrected chi connectivity index (χ2v) is 12.5. The second kappa shape index (κ2) is 13.7. The molecule has 1 aromatic rings. The van der Waals surface area contributed by atoms with Gasteiger partial charge in [0, 0.05) is 56.9 Å². The van der Waals surface area contributed by atoms with Crippen molar-refractivity contribution in [3.63, 3.8) is 0 Å². The van der Waals surface area contributed by atoms with Crippen LogP contribution in [0.2, 0.25) is 0 Å². The van der Waals surface area contributed by atoms with Crippen LogP contribution < -0.4 is 19.9 Å². The fourth-order valence-corrected chi connectivity index (χ4v) is 5.83. The standard InChI is InChI=1S/C32H49N3O6/c1-7-39-14-13-34-27-17-26(11-12-29(27)41-32(5,6)31(34)38)35(25-9-10-25)30(37)23-15-22(18-33-19-23)28(36)16-24(21(3)4)20-40-8-2/h11-12,17,21-25,33H,7-10,13-16,18-20H2,1-6H3/t22-,23+,24-/m0/s1. The number of carbonyl (C=O) groups excluding carboxylic acids is 3. The largest absolute Gasteiger partial charge is 0.476 e. The molecule has 3 atom stereocenters. The lowest BCUT2D eigenvalue weighted by Crippen LogP contribution is -2.53. The molecule has 4 rings (SSSR count). The van der Waals surface area contributed by atoms with Gasteiger partial charge in [0.15, 0.2) is 5.60 Å². The van der Waals surface area contributed by atoms with Gasteiger partial charge in [0.1, 0.15) is 11.5 Å². The number of amides is 2. The van der Waals surface area contributed by atoms with Gasteiger partial charge in [-0.15, -0.1) is 0 Å². The average Bonchev–Trinajstić information content (AvgIpc) is 3.78. The van der Waals surface area contributed by atoms with Gasteiger partial charge in [-0.05, 0) is 77.0 Å². The number of ketones is 1. The summed E-state index contributed by atoms with van der Waals surface area (Å²) in [7, 11) is 0. The lowest BCUT2D eigenvalue weighted by atomic mass is 9.81. The van der Waals surface area contributed by atoms with Gasteiger partial charge in [0.25, 0.3) is 5.91 Å². The number of Topliss-reactive ketones (excluding diaryl/α,β-unsaturated/α-hetero) is 1. The van der Waals surface area contributed by atoms with E-state index < -0.39 is 5.60 Å². The Bertz CT molecular complexity index is 1090. The van der Waals surface area contributed by atoms with Crippen LogP contribution in [0.3, 0.4) is 0 Å². The fourth-order valence-electron chi connectivity index (χ4n) is 5.83. The molecule has 2 fully saturated rings. The number of ether oxygens (including phenoxy) is 3. The molecule has 0 unspecified atom stereocenters. The summed E-state index contributed by atoms with van der Waals surface area (Å²) in [5.41, 5.74) is 0.437. The molecule has 2 aliphatic heterocycles. The fraction of sp³-hybridized carbons (Fsp3) is 0.719. The van der Waals surface area contributed by atoms with Crippen molar-refractivity contribution in [2.45, 2.75) is 78.9 Å². The van der Waals surface area contributed by atoms with Crippen molar-refractivity contribution in [3.8, 4) is 5.75 Å². The summed E-state index contributed by atoms with van der Waals surface area (Å²) in [6.07, 6.45) is 2.91. The van der Waals surface area contributed by atoms with E-state index in [9.17, 15) is 14.4 Å². The number of nitrogens with zero attached hydrogens (tertiary/aromatic N) is 2. The van der Waals surface area contributed by atoms with Crippen LogP contribution in [0.4, 0.5) is 11.4 Å². The Morgan fingerprint density at radius 1 is 1.12 bits per heavy atom. The van der Waals surface area contributed by atoms with Gasteiger partial charge in [-0.3, -0.25) is 14.4 Å². The second-order valence-electron chi connectivity index (χ2n) is 12.5. The number of hydrogen-bond acceptors (Lipinski definition) is 7. The Morgan fingerprint density at radius 3 is 2.49 bits per heavy atom. The number of carbonyl (C=O) groups is 3. The minimum atomic E-state index is -0.987. The van der Waals surface area contributed by atoms with E-state index in [-0.39, 0.29) is 41.4 Å². The molecule has 228 valence electrons. The molecular formula is C32H49N3O6. The van der Waals surface area contributed by atoms with E-state index in [4.69, 9.17) is 14.2 Å². The number of nitrogens with one attached hydrogen (secondary N) is 1. The predicted octanol–water partition coefficient (Wildman–Crippen LogP) is 4.22. The third-order valence-electron chi connectivity index (χ3n) is 8.55. The van der Waals surface area contributed by atoms with Crippen molar-refractivity contribution in [3.05, 3.63) is 18.2 Å². The summed E-state index contributed by atoms with van der Waals surface area (Å²) in [5.74, 6) is 0.792. The SMILES string of the molecule is CCOCCN1C(=O)C(C)(C)Oc2ccc(N(C(=O)[C@H]3CNC[C@@H](C(=O)C[C@@H](COCC)C(C)C)C3)C3CC3)cc21. The Labute approximate surface area is 245 Å². The van der Waals surface area contributed by atoms with Gasteiger partial charge in [0.2, 0.25) is 5.91 Å². The Kier molecular flexibility index (Phi) is 10.5. The monoisotopic (exact) mass is 571 g/mol. The quantitative estimate of drug-likeness (QED) is 0.334. The topological polar surface area (TPSA) is 97.4 Å². The summed E-state index contributed by atoms with van der Waals surface area (Å²) < 4.78 is 17.3. The first-order valence-electron chi connectivity index (χ1n) is 15.4. The van der Waals surface area contributed by atoms with E-state index in [2.05, 4.69) is 19.2 Å². The van der Waals surface area contributed by atoms with Crippen LogP contribution in [-0.2, 0) is 23.9 Å². The summed E-state index contributed by atoms with van der Waals surface area (Å²) >= 11 is 0. The zero-order chi connectivity index (χ0) is 29.7.